The van der Waals surface area contributed by atoms with Crippen molar-refractivity contribution in [3.63, 3.8) is 0 Å². The molecule has 1 aliphatic heterocycles. The van der Waals surface area contributed by atoms with E-state index in [2.05, 4.69) is 50.2 Å². The van der Waals surface area contributed by atoms with Gasteiger partial charge in [0, 0.05) is 12.8 Å². The first-order valence-corrected chi connectivity index (χ1v) is 8.48. The van der Waals surface area contributed by atoms with Gasteiger partial charge in [-0.1, -0.05) is 48.0 Å². The van der Waals surface area contributed by atoms with E-state index in [4.69, 9.17) is 4.74 Å². The molecule has 2 atom stereocenters. The molecule has 126 valence electrons. The molecule has 2 aromatic carbocycles. The Morgan fingerprint density at radius 1 is 1.08 bits per heavy atom. The second-order valence-electron chi connectivity index (χ2n) is 6.72. The van der Waals surface area contributed by atoms with Gasteiger partial charge in [0.1, 0.15) is 5.78 Å². The fourth-order valence-corrected chi connectivity index (χ4v) is 3.18. The minimum absolute atomic E-state index is 0.107. The number of aliphatic hydroxyl groups is 1. The van der Waals surface area contributed by atoms with Gasteiger partial charge < -0.3 is 9.84 Å². The Balaban J connectivity index is 1.83. The molecule has 1 fully saturated rings. The summed E-state index contributed by atoms with van der Waals surface area (Å²) in [4.78, 5) is 11.9. The fraction of sp³-hybridized carbons (Fsp3) is 0.381. The van der Waals surface area contributed by atoms with E-state index in [-0.39, 0.29) is 24.6 Å². The van der Waals surface area contributed by atoms with Crippen LogP contribution in [0.5, 0.6) is 0 Å². The van der Waals surface area contributed by atoms with Crippen molar-refractivity contribution in [1.29, 1.82) is 0 Å². The molecule has 0 aromatic heterocycles. The van der Waals surface area contributed by atoms with Gasteiger partial charge >= 0.3 is 0 Å². The molecule has 0 bridgehead atoms. The lowest BCUT2D eigenvalue weighted by atomic mass is 9.92. The minimum Gasteiger partial charge on any atom is -0.394 e. The van der Waals surface area contributed by atoms with Crippen LogP contribution in [-0.2, 0) is 16.0 Å². The number of hydrogen-bond donors (Lipinski definition) is 1. The Kier molecular flexibility index (Phi) is 5.12. The van der Waals surface area contributed by atoms with E-state index in [1.807, 2.05) is 6.07 Å². The number of hydrogen-bond acceptors (Lipinski definition) is 3. The highest BCUT2D eigenvalue weighted by atomic mass is 16.5. The Morgan fingerprint density at radius 2 is 1.83 bits per heavy atom. The maximum atomic E-state index is 11.9. The Bertz CT molecular complexity index is 718. The first kappa shape index (κ1) is 16.9. The van der Waals surface area contributed by atoms with Gasteiger partial charge in [0.15, 0.2) is 0 Å². The van der Waals surface area contributed by atoms with Crippen LogP contribution in [-0.4, -0.2) is 23.6 Å². The second kappa shape index (κ2) is 7.29. The highest BCUT2D eigenvalue weighted by Crippen LogP contribution is 2.31. The van der Waals surface area contributed by atoms with E-state index in [9.17, 15) is 9.90 Å². The standard InChI is InChI=1S/C21H24O3/c1-14-3-6-16(7-4-14)9-18-10-17(8-5-15(18)2)21-12-19(23)11-20(13-22)24-21/h3-8,10,20-22H,9,11-13H2,1-2H3. The maximum Gasteiger partial charge on any atom is 0.138 e. The van der Waals surface area contributed by atoms with E-state index in [0.29, 0.717) is 12.8 Å². The van der Waals surface area contributed by atoms with Crippen LogP contribution in [0.15, 0.2) is 42.5 Å². The molecule has 1 N–H and O–H groups in total. The van der Waals surface area contributed by atoms with E-state index >= 15 is 0 Å². The molecule has 0 aliphatic carbocycles. The molecule has 0 saturated carbocycles. The molecule has 3 nitrogen and oxygen atoms in total. The third-order valence-electron chi connectivity index (χ3n) is 4.69. The topological polar surface area (TPSA) is 46.5 Å². The number of ether oxygens (including phenoxy) is 1. The summed E-state index contributed by atoms with van der Waals surface area (Å²) in [6, 6.07) is 14.8. The number of aliphatic hydroxyl groups excluding tert-OH is 1. The van der Waals surface area contributed by atoms with Crippen LogP contribution < -0.4 is 0 Å². The van der Waals surface area contributed by atoms with Gasteiger partial charge in [0.2, 0.25) is 0 Å². The lowest BCUT2D eigenvalue weighted by molar-refractivity contribution is -0.139. The molecule has 1 heterocycles. The number of carbonyl (C=O) groups is 1. The lowest BCUT2D eigenvalue weighted by Crippen LogP contribution is -2.31. The summed E-state index contributed by atoms with van der Waals surface area (Å²) >= 11 is 0. The Morgan fingerprint density at radius 3 is 2.54 bits per heavy atom. The highest BCUT2D eigenvalue weighted by molar-refractivity contribution is 5.80. The predicted octanol–water partition coefficient (Wildman–Crippen LogP) is 3.68. The van der Waals surface area contributed by atoms with Crippen molar-refractivity contribution in [3.8, 4) is 0 Å². The number of rotatable bonds is 4. The molecule has 0 spiro atoms. The summed E-state index contributed by atoms with van der Waals surface area (Å²) < 4.78 is 5.88. The number of ketones is 1. The molecule has 3 rings (SSSR count). The number of benzene rings is 2. The van der Waals surface area contributed by atoms with Crippen molar-refractivity contribution in [2.75, 3.05) is 6.61 Å². The molecule has 0 radical (unpaired) electrons. The lowest BCUT2D eigenvalue weighted by Gasteiger charge is -2.29. The molecule has 1 aliphatic rings. The van der Waals surface area contributed by atoms with E-state index in [0.717, 1.165) is 12.0 Å². The molecule has 24 heavy (non-hydrogen) atoms. The van der Waals surface area contributed by atoms with Crippen LogP contribution in [0.1, 0.15) is 46.8 Å². The molecule has 3 heteroatoms. The van der Waals surface area contributed by atoms with Crippen LogP contribution in [0, 0.1) is 13.8 Å². The molecule has 2 unspecified atom stereocenters. The van der Waals surface area contributed by atoms with Crippen LogP contribution in [0.3, 0.4) is 0 Å². The second-order valence-corrected chi connectivity index (χ2v) is 6.72. The van der Waals surface area contributed by atoms with Crippen LogP contribution in [0.25, 0.3) is 0 Å². The van der Waals surface area contributed by atoms with Crippen LogP contribution in [0.2, 0.25) is 0 Å². The molecular formula is C21H24O3. The SMILES string of the molecule is Cc1ccc(Cc2cc(C3CC(=O)CC(CO)O3)ccc2C)cc1. The molecule has 0 amide bonds. The number of aryl methyl sites for hydroxylation is 2. The number of Topliss-reactive ketones (excluding diaryl/α,β-unsaturated/α-hetero) is 1. The summed E-state index contributed by atoms with van der Waals surface area (Å²) in [7, 11) is 0. The van der Waals surface area contributed by atoms with Gasteiger partial charge in [-0.15, -0.1) is 0 Å². The summed E-state index contributed by atoms with van der Waals surface area (Å²) in [6.07, 6.45) is 0.946. The van der Waals surface area contributed by atoms with Crippen molar-refractivity contribution < 1.29 is 14.6 Å². The van der Waals surface area contributed by atoms with E-state index < -0.39 is 0 Å². The van der Waals surface area contributed by atoms with Crippen molar-refractivity contribution in [2.45, 2.75) is 45.3 Å². The normalized spacial score (nSPS) is 21.0. The Hall–Kier alpha value is -1.97. The maximum absolute atomic E-state index is 11.9. The van der Waals surface area contributed by atoms with Gasteiger partial charge in [-0.05, 0) is 42.5 Å². The van der Waals surface area contributed by atoms with Gasteiger partial charge in [-0.25, -0.2) is 0 Å². The van der Waals surface area contributed by atoms with Gasteiger partial charge in [-0.3, -0.25) is 4.79 Å². The summed E-state index contributed by atoms with van der Waals surface area (Å²) in [5.41, 5.74) is 6.04. The quantitative estimate of drug-likeness (QED) is 0.933. The number of carbonyl (C=O) groups excluding carboxylic acids is 1. The van der Waals surface area contributed by atoms with Crippen molar-refractivity contribution in [2.24, 2.45) is 0 Å². The monoisotopic (exact) mass is 324 g/mol. The van der Waals surface area contributed by atoms with E-state index in [1.165, 1.54) is 22.3 Å². The third-order valence-corrected chi connectivity index (χ3v) is 4.69. The zero-order chi connectivity index (χ0) is 17.1. The molecular weight excluding hydrogens is 300 g/mol. The first-order chi connectivity index (χ1) is 11.5. The average molecular weight is 324 g/mol. The van der Waals surface area contributed by atoms with E-state index in [1.54, 1.807) is 0 Å². The zero-order valence-corrected chi connectivity index (χ0v) is 14.3. The fourth-order valence-electron chi connectivity index (χ4n) is 3.18. The average Bonchev–Trinajstić information content (AvgIpc) is 2.58. The smallest absolute Gasteiger partial charge is 0.138 e. The van der Waals surface area contributed by atoms with Gasteiger partial charge in [0.05, 0.1) is 18.8 Å². The predicted molar refractivity (Wildman–Crippen MR) is 94.1 cm³/mol. The van der Waals surface area contributed by atoms with Gasteiger partial charge in [0.25, 0.3) is 0 Å². The molecule has 2 aromatic rings. The van der Waals surface area contributed by atoms with Crippen molar-refractivity contribution in [1.82, 2.24) is 0 Å². The Labute approximate surface area is 143 Å². The van der Waals surface area contributed by atoms with Crippen LogP contribution in [0.4, 0.5) is 0 Å². The van der Waals surface area contributed by atoms with Crippen molar-refractivity contribution in [3.05, 3.63) is 70.3 Å². The third kappa shape index (κ3) is 3.92. The summed E-state index contributed by atoms with van der Waals surface area (Å²) in [5, 5.41) is 9.31. The molecule has 1 saturated heterocycles. The highest BCUT2D eigenvalue weighted by Gasteiger charge is 2.28. The van der Waals surface area contributed by atoms with Crippen LogP contribution >= 0.6 is 0 Å². The van der Waals surface area contributed by atoms with Gasteiger partial charge in [-0.2, -0.15) is 0 Å². The zero-order valence-electron chi connectivity index (χ0n) is 14.3. The van der Waals surface area contributed by atoms with Crippen molar-refractivity contribution >= 4 is 5.78 Å². The largest absolute Gasteiger partial charge is 0.394 e. The summed E-state index contributed by atoms with van der Waals surface area (Å²) in [6.45, 7) is 4.09. The minimum atomic E-state index is -0.377. The summed E-state index contributed by atoms with van der Waals surface area (Å²) in [5.74, 6) is 0.158. The first-order valence-electron chi connectivity index (χ1n) is 8.48.